The van der Waals surface area contributed by atoms with E-state index in [1.54, 1.807) is 0 Å². The maximum atomic E-state index is 12.5. The zero-order chi connectivity index (χ0) is 14.4. The van der Waals surface area contributed by atoms with Gasteiger partial charge in [-0.2, -0.15) is 0 Å². The number of nitrogens with two attached hydrogens (primary N) is 1. The van der Waals surface area contributed by atoms with Gasteiger partial charge in [0.25, 0.3) is 0 Å². The number of likely N-dealkylation sites (N-methyl/N-ethyl adjacent to an activating group) is 1. The summed E-state index contributed by atoms with van der Waals surface area (Å²) in [6.07, 6.45) is 3.51. The minimum absolute atomic E-state index is 0.166. The van der Waals surface area contributed by atoms with Gasteiger partial charge in [0.1, 0.15) is 0 Å². The third kappa shape index (κ3) is 3.58. The molecular weight excluding hydrogens is 250 g/mol. The zero-order valence-electron chi connectivity index (χ0n) is 12.3. The van der Waals surface area contributed by atoms with Crippen LogP contribution in [0.25, 0.3) is 0 Å². The summed E-state index contributed by atoms with van der Waals surface area (Å²) in [4.78, 5) is 16.6. The number of amides is 1. The summed E-state index contributed by atoms with van der Waals surface area (Å²) in [7, 11) is 0. The highest BCUT2D eigenvalue weighted by atomic mass is 16.2. The summed E-state index contributed by atoms with van der Waals surface area (Å²) >= 11 is 0. The van der Waals surface area contributed by atoms with Crippen LogP contribution in [0.15, 0.2) is 30.3 Å². The maximum absolute atomic E-state index is 12.5. The highest BCUT2D eigenvalue weighted by molar-refractivity contribution is 5.94. The van der Waals surface area contributed by atoms with Crippen LogP contribution in [0.3, 0.4) is 0 Å². The molecule has 110 valence electrons. The number of para-hydroxylation sites is 1. The lowest BCUT2D eigenvalue weighted by Gasteiger charge is -2.35. The van der Waals surface area contributed by atoms with Crippen LogP contribution in [0.4, 0.5) is 5.69 Å². The fraction of sp³-hybridized carbons (Fsp3) is 0.562. The van der Waals surface area contributed by atoms with Crippen molar-refractivity contribution >= 4 is 11.6 Å². The molecule has 20 heavy (non-hydrogen) atoms. The highest BCUT2D eigenvalue weighted by Gasteiger charge is 2.25. The minimum atomic E-state index is 0.166. The van der Waals surface area contributed by atoms with E-state index >= 15 is 0 Å². The SMILES string of the molecule is CCN(C(=O)CN1CCCCC1CN)c1ccccc1. The van der Waals surface area contributed by atoms with E-state index in [0.29, 0.717) is 25.7 Å². The molecule has 4 nitrogen and oxygen atoms in total. The largest absolute Gasteiger partial charge is 0.329 e. The molecule has 0 radical (unpaired) electrons. The van der Waals surface area contributed by atoms with Crippen molar-refractivity contribution in [3.63, 3.8) is 0 Å². The molecule has 1 aliphatic heterocycles. The Hall–Kier alpha value is -1.39. The third-order valence-electron chi connectivity index (χ3n) is 4.04. The standard InChI is InChI=1S/C16H25N3O/c1-2-19(14-8-4-3-5-9-14)16(20)13-18-11-7-6-10-15(18)12-17/h3-5,8-9,15H,2,6-7,10-13,17H2,1H3. The van der Waals surface area contributed by atoms with Crippen LogP contribution in [0.2, 0.25) is 0 Å². The monoisotopic (exact) mass is 275 g/mol. The first-order chi connectivity index (χ1) is 9.76. The van der Waals surface area contributed by atoms with E-state index in [1.165, 1.54) is 12.8 Å². The first-order valence-electron chi connectivity index (χ1n) is 7.55. The van der Waals surface area contributed by atoms with Crippen molar-refractivity contribution in [2.45, 2.75) is 32.2 Å². The maximum Gasteiger partial charge on any atom is 0.241 e. The van der Waals surface area contributed by atoms with E-state index in [2.05, 4.69) is 4.90 Å². The van der Waals surface area contributed by atoms with E-state index in [4.69, 9.17) is 5.73 Å². The van der Waals surface area contributed by atoms with E-state index in [1.807, 2.05) is 42.2 Å². The highest BCUT2D eigenvalue weighted by Crippen LogP contribution is 2.18. The number of piperidine rings is 1. The van der Waals surface area contributed by atoms with Crippen molar-refractivity contribution in [3.8, 4) is 0 Å². The van der Waals surface area contributed by atoms with E-state index in [0.717, 1.165) is 18.7 Å². The van der Waals surface area contributed by atoms with Crippen LogP contribution >= 0.6 is 0 Å². The number of carbonyl (C=O) groups excluding carboxylic acids is 1. The predicted molar refractivity (Wildman–Crippen MR) is 82.7 cm³/mol. The average molecular weight is 275 g/mol. The number of benzene rings is 1. The van der Waals surface area contributed by atoms with Crippen molar-refractivity contribution in [1.29, 1.82) is 0 Å². The molecule has 1 amide bonds. The molecule has 1 aromatic rings. The van der Waals surface area contributed by atoms with Gasteiger partial charge in [0.2, 0.25) is 5.91 Å². The zero-order valence-corrected chi connectivity index (χ0v) is 12.3. The number of rotatable bonds is 5. The van der Waals surface area contributed by atoms with Crippen LogP contribution in [0.1, 0.15) is 26.2 Å². The molecule has 2 rings (SSSR count). The molecule has 1 heterocycles. The Bertz CT molecular complexity index is 421. The van der Waals surface area contributed by atoms with E-state index in [9.17, 15) is 4.79 Å². The van der Waals surface area contributed by atoms with Gasteiger partial charge >= 0.3 is 0 Å². The van der Waals surface area contributed by atoms with Crippen molar-refractivity contribution in [1.82, 2.24) is 4.90 Å². The first-order valence-corrected chi connectivity index (χ1v) is 7.55. The lowest BCUT2D eigenvalue weighted by molar-refractivity contribution is -0.120. The lowest BCUT2D eigenvalue weighted by Crippen LogP contribution is -2.49. The Balaban J connectivity index is 2.02. The summed E-state index contributed by atoms with van der Waals surface area (Å²) in [5.74, 6) is 0.166. The van der Waals surface area contributed by atoms with Crippen LogP contribution in [0, 0.1) is 0 Å². The molecule has 1 aromatic carbocycles. The van der Waals surface area contributed by atoms with Crippen LogP contribution < -0.4 is 10.6 Å². The van der Waals surface area contributed by atoms with Crippen LogP contribution in [0.5, 0.6) is 0 Å². The van der Waals surface area contributed by atoms with Crippen LogP contribution in [-0.4, -0.2) is 43.0 Å². The summed E-state index contributed by atoms with van der Waals surface area (Å²) < 4.78 is 0. The molecule has 0 bridgehead atoms. The first kappa shape index (κ1) is 15.0. The molecule has 1 saturated heterocycles. The number of hydrogen-bond acceptors (Lipinski definition) is 3. The van der Waals surface area contributed by atoms with Gasteiger partial charge in [0.05, 0.1) is 6.54 Å². The molecule has 0 spiro atoms. The number of carbonyl (C=O) groups is 1. The number of hydrogen-bond donors (Lipinski definition) is 1. The fourth-order valence-corrected chi connectivity index (χ4v) is 2.91. The van der Waals surface area contributed by atoms with Gasteiger partial charge in [-0.05, 0) is 38.4 Å². The molecule has 1 aliphatic rings. The molecule has 0 aliphatic carbocycles. The van der Waals surface area contributed by atoms with Crippen molar-refractivity contribution in [2.24, 2.45) is 5.73 Å². The van der Waals surface area contributed by atoms with E-state index < -0.39 is 0 Å². The summed E-state index contributed by atoms with van der Waals surface area (Å²) in [6.45, 7) is 4.82. The van der Waals surface area contributed by atoms with Crippen molar-refractivity contribution in [2.75, 3.05) is 31.1 Å². The lowest BCUT2D eigenvalue weighted by atomic mass is 10.0. The molecule has 0 saturated carbocycles. The summed E-state index contributed by atoms with van der Waals surface area (Å²) in [5.41, 5.74) is 6.80. The second-order valence-corrected chi connectivity index (χ2v) is 5.33. The predicted octanol–water partition coefficient (Wildman–Crippen LogP) is 1.85. The Morgan fingerprint density at radius 2 is 2.10 bits per heavy atom. The Morgan fingerprint density at radius 3 is 2.75 bits per heavy atom. The van der Waals surface area contributed by atoms with Crippen molar-refractivity contribution in [3.05, 3.63) is 30.3 Å². The third-order valence-corrected chi connectivity index (χ3v) is 4.04. The Kier molecular flexibility index (Phi) is 5.56. The molecule has 0 aromatic heterocycles. The van der Waals surface area contributed by atoms with Gasteiger partial charge in [-0.15, -0.1) is 0 Å². The second kappa shape index (κ2) is 7.41. The molecule has 1 fully saturated rings. The van der Waals surface area contributed by atoms with Gasteiger partial charge in [-0.25, -0.2) is 0 Å². The molecule has 4 heteroatoms. The number of nitrogens with zero attached hydrogens (tertiary/aromatic N) is 2. The molecule has 2 N–H and O–H groups in total. The van der Waals surface area contributed by atoms with E-state index in [-0.39, 0.29) is 5.91 Å². The fourth-order valence-electron chi connectivity index (χ4n) is 2.91. The van der Waals surface area contributed by atoms with Crippen LogP contribution in [-0.2, 0) is 4.79 Å². The molecule has 1 unspecified atom stereocenters. The van der Waals surface area contributed by atoms with Gasteiger partial charge in [-0.1, -0.05) is 24.6 Å². The van der Waals surface area contributed by atoms with Crippen molar-refractivity contribution < 1.29 is 4.79 Å². The van der Waals surface area contributed by atoms with Gasteiger partial charge in [0, 0.05) is 24.8 Å². The second-order valence-electron chi connectivity index (χ2n) is 5.33. The van der Waals surface area contributed by atoms with Gasteiger partial charge < -0.3 is 10.6 Å². The number of anilines is 1. The quantitative estimate of drug-likeness (QED) is 0.892. The summed E-state index contributed by atoms with van der Waals surface area (Å²) in [6, 6.07) is 10.2. The molecule has 1 atom stereocenters. The Morgan fingerprint density at radius 1 is 1.35 bits per heavy atom. The average Bonchev–Trinajstić information content (AvgIpc) is 2.49. The number of likely N-dealkylation sites (tertiary alicyclic amines) is 1. The summed E-state index contributed by atoms with van der Waals surface area (Å²) in [5, 5.41) is 0. The minimum Gasteiger partial charge on any atom is -0.329 e. The van der Waals surface area contributed by atoms with Gasteiger partial charge in [0.15, 0.2) is 0 Å². The molecular formula is C16H25N3O. The Labute approximate surface area is 121 Å². The topological polar surface area (TPSA) is 49.6 Å². The van der Waals surface area contributed by atoms with Gasteiger partial charge in [-0.3, -0.25) is 9.69 Å². The normalized spacial score (nSPS) is 19.8. The smallest absolute Gasteiger partial charge is 0.241 e.